The lowest BCUT2D eigenvalue weighted by molar-refractivity contribution is 0.0836. The van der Waals surface area contributed by atoms with E-state index >= 15 is 0 Å². The van der Waals surface area contributed by atoms with E-state index in [1.54, 1.807) is 32.0 Å². The van der Waals surface area contributed by atoms with Crippen molar-refractivity contribution in [2.24, 2.45) is 0 Å². The van der Waals surface area contributed by atoms with E-state index in [4.69, 9.17) is 14.3 Å². The van der Waals surface area contributed by atoms with Crippen molar-refractivity contribution in [3.63, 3.8) is 0 Å². The van der Waals surface area contributed by atoms with Gasteiger partial charge in [0.1, 0.15) is 5.75 Å². The predicted octanol–water partition coefficient (Wildman–Crippen LogP) is 2.57. The highest BCUT2D eigenvalue weighted by Crippen LogP contribution is 2.23. The van der Waals surface area contributed by atoms with Gasteiger partial charge in [0.05, 0.1) is 12.1 Å². The Morgan fingerprint density at radius 1 is 1.25 bits per heavy atom. The number of rotatable bonds is 5. The maximum absolute atomic E-state index is 11.9. The Bertz CT molecular complexity index is 575. The zero-order valence-corrected chi connectivity index (χ0v) is 11.4. The van der Waals surface area contributed by atoms with Crippen molar-refractivity contribution in [1.29, 1.82) is 0 Å². The van der Waals surface area contributed by atoms with Crippen LogP contribution in [0.1, 0.15) is 24.4 Å². The minimum absolute atomic E-state index is 0.137. The van der Waals surface area contributed by atoms with Gasteiger partial charge in [-0.15, -0.1) is 0 Å². The van der Waals surface area contributed by atoms with Crippen LogP contribution >= 0.6 is 0 Å². The van der Waals surface area contributed by atoms with Crippen LogP contribution < -0.4 is 10.1 Å². The van der Waals surface area contributed by atoms with E-state index in [1.807, 2.05) is 18.2 Å². The summed E-state index contributed by atoms with van der Waals surface area (Å²) in [5.41, 5.74) is -0.704. The molecule has 0 unspecified atom stereocenters. The van der Waals surface area contributed by atoms with Crippen molar-refractivity contribution in [2.75, 3.05) is 6.61 Å². The average molecular weight is 275 g/mol. The lowest BCUT2D eigenvalue weighted by atomic mass is 10.1. The third kappa shape index (κ3) is 3.61. The SMILES string of the molecule is CC(C)(CO)NC(=O)c1ccc(Oc2ccccc2)o1. The zero-order chi connectivity index (χ0) is 14.6. The predicted molar refractivity (Wildman–Crippen MR) is 73.9 cm³/mol. The fraction of sp³-hybridized carbons (Fsp3) is 0.267. The summed E-state index contributed by atoms with van der Waals surface area (Å²) in [5, 5.41) is 11.8. The Labute approximate surface area is 117 Å². The molecule has 0 atom stereocenters. The summed E-state index contributed by atoms with van der Waals surface area (Å²) >= 11 is 0. The monoisotopic (exact) mass is 275 g/mol. The second-order valence-corrected chi connectivity index (χ2v) is 5.03. The Balaban J connectivity index is 2.04. The van der Waals surface area contributed by atoms with Crippen molar-refractivity contribution >= 4 is 5.91 Å². The van der Waals surface area contributed by atoms with Gasteiger partial charge < -0.3 is 19.6 Å². The van der Waals surface area contributed by atoms with Crippen molar-refractivity contribution in [2.45, 2.75) is 19.4 Å². The highest BCUT2D eigenvalue weighted by Gasteiger charge is 2.22. The number of furan rings is 1. The number of hydrogen-bond acceptors (Lipinski definition) is 4. The number of ether oxygens (including phenoxy) is 1. The van der Waals surface area contributed by atoms with Crippen LogP contribution in [0.5, 0.6) is 11.7 Å². The van der Waals surface area contributed by atoms with Crippen LogP contribution in [0.2, 0.25) is 0 Å². The highest BCUT2D eigenvalue weighted by molar-refractivity contribution is 5.92. The maximum Gasteiger partial charge on any atom is 0.290 e. The normalized spacial score (nSPS) is 11.2. The van der Waals surface area contributed by atoms with Crippen molar-refractivity contribution in [3.8, 4) is 11.7 Å². The van der Waals surface area contributed by atoms with Crippen LogP contribution in [0, 0.1) is 0 Å². The van der Waals surface area contributed by atoms with Crippen LogP contribution in [-0.2, 0) is 0 Å². The van der Waals surface area contributed by atoms with Crippen LogP contribution in [-0.4, -0.2) is 23.2 Å². The van der Waals surface area contributed by atoms with E-state index in [9.17, 15) is 4.79 Å². The molecule has 20 heavy (non-hydrogen) atoms. The number of aliphatic hydroxyl groups excluding tert-OH is 1. The number of benzene rings is 1. The number of nitrogens with one attached hydrogen (secondary N) is 1. The first-order chi connectivity index (χ1) is 9.50. The molecule has 1 aromatic heterocycles. The minimum atomic E-state index is -0.704. The van der Waals surface area contributed by atoms with Crippen LogP contribution in [0.15, 0.2) is 46.9 Å². The first kappa shape index (κ1) is 14.1. The van der Waals surface area contributed by atoms with Gasteiger partial charge in [-0.3, -0.25) is 4.79 Å². The second kappa shape index (κ2) is 5.79. The largest absolute Gasteiger partial charge is 0.426 e. The first-order valence-corrected chi connectivity index (χ1v) is 6.26. The Morgan fingerprint density at radius 2 is 1.95 bits per heavy atom. The highest BCUT2D eigenvalue weighted by atomic mass is 16.6. The molecule has 2 aromatic rings. The van der Waals surface area contributed by atoms with Gasteiger partial charge in [-0.05, 0) is 32.0 Å². The molecule has 0 spiro atoms. The molecule has 5 nitrogen and oxygen atoms in total. The smallest absolute Gasteiger partial charge is 0.290 e. The van der Waals surface area contributed by atoms with Gasteiger partial charge in [0, 0.05) is 6.07 Å². The summed E-state index contributed by atoms with van der Waals surface area (Å²) in [6, 6.07) is 12.2. The molecule has 0 bridgehead atoms. The quantitative estimate of drug-likeness (QED) is 0.879. The van der Waals surface area contributed by atoms with Gasteiger partial charge in [-0.1, -0.05) is 18.2 Å². The second-order valence-electron chi connectivity index (χ2n) is 5.03. The summed E-state index contributed by atoms with van der Waals surface area (Å²) in [6.07, 6.45) is 0. The number of carbonyl (C=O) groups excluding carboxylic acids is 1. The zero-order valence-electron chi connectivity index (χ0n) is 11.4. The Kier molecular flexibility index (Phi) is 4.10. The van der Waals surface area contributed by atoms with Crippen molar-refractivity contribution in [1.82, 2.24) is 5.32 Å². The maximum atomic E-state index is 11.9. The molecule has 2 N–H and O–H groups in total. The topological polar surface area (TPSA) is 71.7 Å². The summed E-state index contributed by atoms with van der Waals surface area (Å²) in [4.78, 5) is 11.9. The molecule has 1 heterocycles. The third-order valence-corrected chi connectivity index (χ3v) is 2.61. The van der Waals surface area contributed by atoms with Gasteiger partial charge in [-0.25, -0.2) is 0 Å². The van der Waals surface area contributed by atoms with E-state index in [1.165, 1.54) is 6.07 Å². The molecule has 2 rings (SSSR count). The molecular formula is C15H17NO4. The van der Waals surface area contributed by atoms with Crippen LogP contribution in [0.3, 0.4) is 0 Å². The molecule has 1 aromatic carbocycles. The van der Waals surface area contributed by atoms with E-state index in [-0.39, 0.29) is 18.3 Å². The molecule has 0 saturated carbocycles. The fourth-order valence-corrected chi connectivity index (χ4v) is 1.51. The molecule has 0 aliphatic heterocycles. The number of para-hydroxylation sites is 1. The van der Waals surface area contributed by atoms with E-state index in [0.29, 0.717) is 5.75 Å². The van der Waals surface area contributed by atoms with Crippen LogP contribution in [0.4, 0.5) is 0 Å². The molecular weight excluding hydrogens is 258 g/mol. The Hall–Kier alpha value is -2.27. The third-order valence-electron chi connectivity index (χ3n) is 2.61. The van der Waals surface area contributed by atoms with Crippen molar-refractivity contribution in [3.05, 3.63) is 48.2 Å². The van der Waals surface area contributed by atoms with E-state index in [0.717, 1.165) is 0 Å². The molecule has 0 aliphatic rings. The van der Waals surface area contributed by atoms with Crippen LogP contribution in [0.25, 0.3) is 0 Å². The van der Waals surface area contributed by atoms with Crippen molar-refractivity contribution < 1.29 is 19.1 Å². The van der Waals surface area contributed by atoms with Gasteiger partial charge >= 0.3 is 0 Å². The summed E-state index contributed by atoms with van der Waals surface area (Å²) in [6.45, 7) is 3.28. The summed E-state index contributed by atoms with van der Waals surface area (Å²) < 4.78 is 10.8. The number of aliphatic hydroxyl groups is 1. The van der Waals surface area contributed by atoms with Gasteiger partial charge in [0.2, 0.25) is 0 Å². The summed E-state index contributed by atoms with van der Waals surface area (Å²) in [7, 11) is 0. The number of carbonyl (C=O) groups is 1. The molecule has 0 aliphatic carbocycles. The van der Waals surface area contributed by atoms with E-state index < -0.39 is 11.4 Å². The summed E-state index contributed by atoms with van der Waals surface area (Å²) in [5.74, 6) is 0.608. The lowest BCUT2D eigenvalue weighted by Crippen LogP contribution is -2.46. The minimum Gasteiger partial charge on any atom is -0.426 e. The van der Waals surface area contributed by atoms with E-state index in [2.05, 4.69) is 5.32 Å². The molecule has 1 amide bonds. The fourth-order valence-electron chi connectivity index (χ4n) is 1.51. The average Bonchev–Trinajstić information content (AvgIpc) is 2.88. The van der Waals surface area contributed by atoms with Gasteiger partial charge in [-0.2, -0.15) is 0 Å². The van der Waals surface area contributed by atoms with Gasteiger partial charge in [0.25, 0.3) is 11.9 Å². The lowest BCUT2D eigenvalue weighted by Gasteiger charge is -2.22. The molecule has 0 fully saturated rings. The molecule has 0 saturated heterocycles. The standard InChI is InChI=1S/C15H17NO4/c1-15(2,10-17)16-14(18)12-8-9-13(20-12)19-11-6-4-3-5-7-11/h3-9,17H,10H2,1-2H3,(H,16,18). The van der Waals surface area contributed by atoms with Gasteiger partial charge in [0.15, 0.2) is 5.76 Å². The molecule has 106 valence electrons. The number of amides is 1. The number of hydrogen-bond donors (Lipinski definition) is 2. The molecule has 5 heteroatoms. The Morgan fingerprint density at radius 3 is 2.60 bits per heavy atom. The first-order valence-electron chi connectivity index (χ1n) is 6.26. The molecule has 0 radical (unpaired) electrons.